The lowest BCUT2D eigenvalue weighted by molar-refractivity contribution is -0.122. The predicted molar refractivity (Wildman–Crippen MR) is 91.9 cm³/mol. The van der Waals surface area contributed by atoms with E-state index in [1.165, 1.54) is 11.8 Å². The van der Waals surface area contributed by atoms with Crippen molar-refractivity contribution in [1.29, 1.82) is 0 Å². The molecule has 0 aliphatic carbocycles. The lowest BCUT2D eigenvalue weighted by Crippen LogP contribution is -2.50. The Kier molecular flexibility index (Phi) is 5.36. The zero-order valence-electron chi connectivity index (χ0n) is 12.4. The first-order valence-electron chi connectivity index (χ1n) is 7.26. The summed E-state index contributed by atoms with van der Waals surface area (Å²) in [5.41, 5.74) is 1.05. The molecule has 2 amide bonds. The fraction of sp³-hybridized carbons (Fsp3) is 0.467. The summed E-state index contributed by atoms with van der Waals surface area (Å²) in [7, 11) is 0. The van der Waals surface area contributed by atoms with E-state index in [4.69, 9.17) is 0 Å². The second-order valence-electron chi connectivity index (χ2n) is 5.47. The first-order valence-corrected chi connectivity index (χ1v) is 8.25. The van der Waals surface area contributed by atoms with Crippen LogP contribution >= 0.6 is 24.2 Å². The highest BCUT2D eigenvalue weighted by molar-refractivity contribution is 8.00. The largest absolute Gasteiger partial charge is 0.324 e. The number of rotatable bonds is 3. The van der Waals surface area contributed by atoms with Gasteiger partial charge in [0.05, 0.1) is 17.0 Å². The first kappa shape index (κ1) is 17.1. The van der Waals surface area contributed by atoms with Gasteiger partial charge in [0.15, 0.2) is 0 Å². The molecule has 0 spiro atoms. The van der Waals surface area contributed by atoms with Crippen LogP contribution in [0.4, 0.5) is 11.4 Å². The van der Waals surface area contributed by atoms with Crippen LogP contribution in [0.15, 0.2) is 23.1 Å². The molecule has 0 saturated carbocycles. The van der Waals surface area contributed by atoms with Gasteiger partial charge >= 0.3 is 0 Å². The summed E-state index contributed by atoms with van der Waals surface area (Å²) in [6.07, 6.45) is 2.67. The molecule has 0 bridgehead atoms. The van der Waals surface area contributed by atoms with Gasteiger partial charge in [-0.1, -0.05) is 6.92 Å². The van der Waals surface area contributed by atoms with Crippen LogP contribution in [0.2, 0.25) is 0 Å². The molecule has 1 fully saturated rings. The Labute approximate surface area is 140 Å². The van der Waals surface area contributed by atoms with E-state index in [0.29, 0.717) is 5.75 Å². The number of carbonyl (C=O) groups excluding carboxylic acids is 2. The van der Waals surface area contributed by atoms with Crippen LogP contribution in [0.3, 0.4) is 0 Å². The highest BCUT2D eigenvalue weighted by Gasteiger charge is 2.39. The van der Waals surface area contributed by atoms with Crippen LogP contribution in [0.25, 0.3) is 0 Å². The van der Waals surface area contributed by atoms with E-state index in [1.807, 2.05) is 25.1 Å². The molecule has 1 saturated heterocycles. The summed E-state index contributed by atoms with van der Waals surface area (Å²) >= 11 is 1.52. The van der Waals surface area contributed by atoms with Crippen molar-refractivity contribution in [3.63, 3.8) is 0 Å². The minimum atomic E-state index is -0.450. The lowest BCUT2D eigenvalue weighted by Gasteiger charge is -2.27. The quantitative estimate of drug-likeness (QED) is 0.790. The number of thioether (sulfide) groups is 1. The summed E-state index contributed by atoms with van der Waals surface area (Å²) in [6.45, 7) is 2.92. The number of hydrogen-bond donors (Lipinski definition) is 3. The third-order valence-corrected chi connectivity index (χ3v) is 5.23. The van der Waals surface area contributed by atoms with Gasteiger partial charge in [-0.25, -0.2) is 0 Å². The van der Waals surface area contributed by atoms with Crippen LogP contribution < -0.4 is 16.0 Å². The van der Waals surface area contributed by atoms with Gasteiger partial charge in [0.1, 0.15) is 0 Å². The second kappa shape index (κ2) is 6.89. The third-order valence-electron chi connectivity index (χ3n) is 4.15. The number of nitrogens with one attached hydrogen (secondary N) is 3. The van der Waals surface area contributed by atoms with E-state index in [1.54, 1.807) is 0 Å². The van der Waals surface area contributed by atoms with Gasteiger partial charge in [0, 0.05) is 10.6 Å². The number of hydrogen-bond acceptors (Lipinski definition) is 4. The minimum absolute atomic E-state index is 0. The van der Waals surface area contributed by atoms with Crippen LogP contribution in [0, 0.1) is 0 Å². The molecule has 0 radical (unpaired) electrons. The smallest absolute Gasteiger partial charge is 0.244 e. The zero-order valence-corrected chi connectivity index (χ0v) is 14.0. The molecule has 1 unspecified atom stereocenters. The molecule has 2 heterocycles. The van der Waals surface area contributed by atoms with E-state index in [0.717, 1.165) is 42.1 Å². The molecule has 1 aromatic carbocycles. The van der Waals surface area contributed by atoms with E-state index >= 15 is 0 Å². The van der Waals surface area contributed by atoms with Gasteiger partial charge in [0.25, 0.3) is 0 Å². The lowest BCUT2D eigenvalue weighted by atomic mass is 9.93. The van der Waals surface area contributed by atoms with Crippen molar-refractivity contribution >= 4 is 47.4 Å². The second-order valence-corrected chi connectivity index (χ2v) is 6.49. The van der Waals surface area contributed by atoms with Crippen LogP contribution in [-0.4, -0.2) is 29.7 Å². The molecule has 0 aromatic heterocycles. The summed E-state index contributed by atoms with van der Waals surface area (Å²) in [5.74, 6) is 0.456. The van der Waals surface area contributed by atoms with Crippen molar-refractivity contribution < 1.29 is 9.59 Å². The first-order chi connectivity index (χ1) is 10.1. The van der Waals surface area contributed by atoms with E-state index in [2.05, 4.69) is 16.0 Å². The molecule has 3 N–H and O–H groups in total. The molecule has 3 rings (SSSR count). The molecular weight excluding hydrogens is 322 g/mol. The van der Waals surface area contributed by atoms with Crippen LogP contribution in [0.5, 0.6) is 0 Å². The molecule has 5 nitrogen and oxygen atoms in total. The number of carbonyl (C=O) groups is 2. The maximum atomic E-state index is 12.5. The van der Waals surface area contributed by atoms with Gasteiger partial charge in [-0.2, -0.15) is 0 Å². The fourth-order valence-corrected chi connectivity index (χ4v) is 3.66. The highest BCUT2D eigenvalue weighted by atomic mass is 35.5. The predicted octanol–water partition coefficient (Wildman–Crippen LogP) is 2.62. The van der Waals surface area contributed by atoms with Gasteiger partial charge in [0.2, 0.25) is 11.8 Å². The van der Waals surface area contributed by atoms with Gasteiger partial charge < -0.3 is 16.0 Å². The van der Waals surface area contributed by atoms with Crippen LogP contribution in [0.1, 0.15) is 26.2 Å². The standard InChI is InChI=1S/C15H19N3O2S.ClH/c1-2-15(6-3-7-16-15)14(20)17-10-4-5-12-11(8-10)18-13(19)9-21-12;/h4-5,8,16H,2-3,6-7,9H2,1H3,(H,17,20)(H,18,19);1H. The Morgan fingerprint density at radius 1 is 1.45 bits per heavy atom. The van der Waals surface area contributed by atoms with Crippen molar-refractivity contribution in [2.45, 2.75) is 36.6 Å². The van der Waals surface area contributed by atoms with Crippen molar-refractivity contribution in [2.24, 2.45) is 0 Å². The third kappa shape index (κ3) is 3.24. The normalized spacial score (nSPS) is 23.2. The Hall–Kier alpha value is -1.24. The molecule has 1 atom stereocenters. The molecule has 22 heavy (non-hydrogen) atoms. The highest BCUT2D eigenvalue weighted by Crippen LogP contribution is 2.34. The van der Waals surface area contributed by atoms with Gasteiger partial charge in [-0.05, 0) is 44.0 Å². The van der Waals surface area contributed by atoms with Gasteiger partial charge in [-0.15, -0.1) is 24.2 Å². The maximum Gasteiger partial charge on any atom is 0.244 e. The monoisotopic (exact) mass is 341 g/mol. The molecule has 120 valence electrons. The molecule has 2 aliphatic heterocycles. The molecule has 2 aliphatic rings. The summed E-state index contributed by atoms with van der Waals surface area (Å²) in [4.78, 5) is 25.0. The van der Waals surface area contributed by atoms with Crippen molar-refractivity contribution in [2.75, 3.05) is 22.9 Å². The Balaban J connectivity index is 0.00000176. The zero-order chi connectivity index (χ0) is 14.9. The number of fused-ring (bicyclic) bond motifs is 1. The van der Waals surface area contributed by atoms with Crippen molar-refractivity contribution in [3.8, 4) is 0 Å². The Bertz CT molecular complexity index is 588. The van der Waals surface area contributed by atoms with E-state index < -0.39 is 5.54 Å². The van der Waals surface area contributed by atoms with Gasteiger partial charge in [-0.3, -0.25) is 9.59 Å². The number of halogens is 1. The molecular formula is C15H20ClN3O2S. The topological polar surface area (TPSA) is 70.2 Å². The molecule has 1 aromatic rings. The van der Waals surface area contributed by atoms with Crippen LogP contribution in [-0.2, 0) is 9.59 Å². The SMILES string of the molecule is CCC1(C(=O)Nc2ccc3c(c2)NC(=O)CS3)CCCN1.Cl. The van der Waals surface area contributed by atoms with E-state index in [9.17, 15) is 9.59 Å². The average Bonchev–Trinajstić information content (AvgIpc) is 2.97. The Morgan fingerprint density at radius 2 is 2.27 bits per heavy atom. The fourth-order valence-electron chi connectivity index (χ4n) is 2.87. The number of amides is 2. The summed E-state index contributed by atoms with van der Waals surface area (Å²) in [5, 5.41) is 9.14. The molecule has 7 heteroatoms. The Morgan fingerprint density at radius 3 is 2.95 bits per heavy atom. The minimum Gasteiger partial charge on any atom is -0.324 e. The maximum absolute atomic E-state index is 12.5. The van der Waals surface area contributed by atoms with Crippen molar-refractivity contribution in [1.82, 2.24) is 5.32 Å². The van der Waals surface area contributed by atoms with E-state index in [-0.39, 0.29) is 24.2 Å². The summed E-state index contributed by atoms with van der Waals surface area (Å²) in [6, 6.07) is 5.66. The number of anilines is 2. The van der Waals surface area contributed by atoms with Crippen molar-refractivity contribution in [3.05, 3.63) is 18.2 Å². The average molecular weight is 342 g/mol. The number of benzene rings is 1. The summed E-state index contributed by atoms with van der Waals surface area (Å²) < 4.78 is 0.